The van der Waals surface area contributed by atoms with Crippen LogP contribution in [0.5, 0.6) is 0 Å². The zero-order valence-corrected chi connectivity index (χ0v) is 12.4. The number of hydrogen-bond donors (Lipinski definition) is 1. The van der Waals surface area contributed by atoms with E-state index in [2.05, 4.69) is 55.6 Å². The molecule has 0 spiro atoms. The SMILES string of the molecule is Cc1nn(C(C)C)cc1NCc1cnn(C(C)C)c1. The third-order valence-corrected chi connectivity index (χ3v) is 3.11. The maximum atomic E-state index is 4.49. The molecule has 1 N–H and O–H groups in total. The van der Waals surface area contributed by atoms with Gasteiger partial charge in [0.15, 0.2) is 0 Å². The lowest BCUT2D eigenvalue weighted by Crippen LogP contribution is -2.01. The summed E-state index contributed by atoms with van der Waals surface area (Å²) in [7, 11) is 0. The van der Waals surface area contributed by atoms with Crippen molar-refractivity contribution in [3.05, 3.63) is 29.8 Å². The minimum absolute atomic E-state index is 0.387. The Balaban J connectivity index is 2.01. The van der Waals surface area contributed by atoms with Gasteiger partial charge in [-0.25, -0.2) is 0 Å². The maximum Gasteiger partial charge on any atom is 0.0825 e. The van der Waals surface area contributed by atoms with E-state index in [0.717, 1.165) is 17.9 Å². The molecule has 0 bridgehead atoms. The zero-order chi connectivity index (χ0) is 14.0. The summed E-state index contributed by atoms with van der Waals surface area (Å²) in [4.78, 5) is 0. The molecule has 2 aromatic heterocycles. The zero-order valence-electron chi connectivity index (χ0n) is 12.4. The first-order valence-electron chi connectivity index (χ1n) is 6.80. The van der Waals surface area contributed by atoms with Gasteiger partial charge in [-0.2, -0.15) is 10.2 Å². The van der Waals surface area contributed by atoms with E-state index in [1.807, 2.05) is 22.5 Å². The number of nitrogens with zero attached hydrogens (tertiary/aromatic N) is 4. The predicted octanol–water partition coefficient (Wildman–Crippen LogP) is 3.16. The second kappa shape index (κ2) is 5.47. The molecule has 0 aliphatic rings. The molecular formula is C14H23N5. The average molecular weight is 261 g/mol. The minimum atomic E-state index is 0.387. The fourth-order valence-electron chi connectivity index (χ4n) is 1.87. The summed E-state index contributed by atoms with van der Waals surface area (Å²) in [5, 5.41) is 12.2. The van der Waals surface area contributed by atoms with Crippen molar-refractivity contribution in [2.75, 3.05) is 5.32 Å². The summed E-state index contributed by atoms with van der Waals surface area (Å²) in [5.41, 5.74) is 3.31. The molecular weight excluding hydrogens is 238 g/mol. The van der Waals surface area contributed by atoms with Gasteiger partial charge in [-0.3, -0.25) is 9.36 Å². The van der Waals surface area contributed by atoms with Crippen molar-refractivity contribution in [2.24, 2.45) is 0 Å². The topological polar surface area (TPSA) is 47.7 Å². The van der Waals surface area contributed by atoms with Crippen molar-refractivity contribution in [1.29, 1.82) is 0 Å². The molecule has 2 rings (SSSR count). The van der Waals surface area contributed by atoms with Crippen molar-refractivity contribution >= 4 is 5.69 Å². The van der Waals surface area contributed by atoms with Gasteiger partial charge in [0.05, 0.1) is 17.6 Å². The van der Waals surface area contributed by atoms with E-state index in [-0.39, 0.29) is 0 Å². The van der Waals surface area contributed by atoms with E-state index in [0.29, 0.717) is 12.1 Å². The van der Waals surface area contributed by atoms with Crippen molar-refractivity contribution in [1.82, 2.24) is 19.6 Å². The van der Waals surface area contributed by atoms with Gasteiger partial charge < -0.3 is 5.32 Å². The fraction of sp³-hybridized carbons (Fsp3) is 0.571. The molecule has 5 heteroatoms. The Morgan fingerprint density at radius 3 is 2.32 bits per heavy atom. The Morgan fingerprint density at radius 1 is 1.11 bits per heavy atom. The molecule has 2 aromatic rings. The third kappa shape index (κ3) is 3.16. The van der Waals surface area contributed by atoms with Crippen molar-refractivity contribution in [2.45, 2.75) is 53.2 Å². The monoisotopic (exact) mass is 261 g/mol. The lowest BCUT2D eigenvalue weighted by Gasteiger charge is -2.04. The Labute approximate surface area is 114 Å². The summed E-state index contributed by atoms with van der Waals surface area (Å²) in [6, 6.07) is 0.789. The second-order valence-electron chi connectivity index (χ2n) is 5.48. The molecule has 0 atom stereocenters. The van der Waals surface area contributed by atoms with Crippen LogP contribution in [-0.4, -0.2) is 19.6 Å². The van der Waals surface area contributed by atoms with E-state index < -0.39 is 0 Å². The summed E-state index contributed by atoms with van der Waals surface area (Å²) < 4.78 is 3.95. The van der Waals surface area contributed by atoms with Crippen molar-refractivity contribution < 1.29 is 0 Å². The Morgan fingerprint density at radius 2 is 1.79 bits per heavy atom. The van der Waals surface area contributed by atoms with E-state index >= 15 is 0 Å². The fourth-order valence-corrected chi connectivity index (χ4v) is 1.87. The van der Waals surface area contributed by atoms with Gasteiger partial charge in [0.1, 0.15) is 0 Å². The van der Waals surface area contributed by atoms with Crippen LogP contribution in [0.4, 0.5) is 5.69 Å². The Bertz CT molecular complexity index is 536. The molecule has 2 heterocycles. The van der Waals surface area contributed by atoms with Gasteiger partial charge in [0.25, 0.3) is 0 Å². The quantitative estimate of drug-likeness (QED) is 0.899. The molecule has 0 saturated heterocycles. The standard InChI is InChI=1S/C14H23N5/c1-10(2)18-8-13(7-16-18)6-15-14-9-19(11(3)4)17-12(14)5/h7-11,15H,6H2,1-5H3. The van der Waals surface area contributed by atoms with E-state index in [1.54, 1.807) is 0 Å². The Hall–Kier alpha value is -1.78. The number of rotatable bonds is 5. The molecule has 0 fully saturated rings. The van der Waals surface area contributed by atoms with Crippen LogP contribution in [-0.2, 0) is 6.54 Å². The number of anilines is 1. The first-order valence-corrected chi connectivity index (χ1v) is 6.80. The summed E-state index contributed by atoms with van der Waals surface area (Å²) in [5.74, 6) is 0. The lowest BCUT2D eigenvalue weighted by atomic mass is 10.3. The highest BCUT2D eigenvalue weighted by atomic mass is 15.3. The normalized spacial score (nSPS) is 11.5. The first kappa shape index (κ1) is 13.6. The van der Waals surface area contributed by atoms with Crippen LogP contribution in [0.15, 0.2) is 18.6 Å². The van der Waals surface area contributed by atoms with Crippen LogP contribution in [0, 0.1) is 6.92 Å². The predicted molar refractivity (Wildman–Crippen MR) is 77.3 cm³/mol. The molecule has 0 aromatic carbocycles. The number of nitrogens with one attached hydrogen (secondary N) is 1. The molecule has 0 amide bonds. The molecule has 104 valence electrons. The highest BCUT2D eigenvalue weighted by molar-refractivity contribution is 5.46. The van der Waals surface area contributed by atoms with Gasteiger partial charge in [-0.1, -0.05) is 0 Å². The van der Waals surface area contributed by atoms with Crippen LogP contribution >= 0.6 is 0 Å². The summed E-state index contributed by atoms with van der Waals surface area (Å²) in [6.45, 7) is 11.3. The van der Waals surface area contributed by atoms with E-state index in [9.17, 15) is 0 Å². The minimum Gasteiger partial charge on any atom is -0.378 e. The van der Waals surface area contributed by atoms with Gasteiger partial charge in [-0.15, -0.1) is 0 Å². The molecule has 0 radical (unpaired) electrons. The largest absolute Gasteiger partial charge is 0.378 e. The van der Waals surface area contributed by atoms with Crippen molar-refractivity contribution in [3.63, 3.8) is 0 Å². The van der Waals surface area contributed by atoms with Gasteiger partial charge in [0, 0.05) is 36.6 Å². The van der Waals surface area contributed by atoms with Crippen LogP contribution in [0.1, 0.15) is 51.0 Å². The average Bonchev–Trinajstić information content (AvgIpc) is 2.93. The van der Waals surface area contributed by atoms with Crippen molar-refractivity contribution in [3.8, 4) is 0 Å². The summed E-state index contributed by atoms with van der Waals surface area (Å²) in [6.07, 6.45) is 6.06. The van der Waals surface area contributed by atoms with Crippen LogP contribution in [0.2, 0.25) is 0 Å². The first-order chi connectivity index (χ1) is 8.97. The summed E-state index contributed by atoms with van der Waals surface area (Å²) >= 11 is 0. The number of aryl methyl sites for hydroxylation is 1. The maximum absolute atomic E-state index is 4.49. The molecule has 0 unspecified atom stereocenters. The highest BCUT2D eigenvalue weighted by Gasteiger charge is 2.07. The van der Waals surface area contributed by atoms with E-state index in [4.69, 9.17) is 0 Å². The van der Waals surface area contributed by atoms with Gasteiger partial charge in [0.2, 0.25) is 0 Å². The lowest BCUT2D eigenvalue weighted by molar-refractivity contribution is 0.529. The van der Waals surface area contributed by atoms with Crippen LogP contribution in [0.25, 0.3) is 0 Å². The molecule has 0 saturated carbocycles. The molecule has 5 nitrogen and oxygen atoms in total. The van der Waals surface area contributed by atoms with Gasteiger partial charge >= 0.3 is 0 Å². The smallest absolute Gasteiger partial charge is 0.0825 e. The van der Waals surface area contributed by atoms with Gasteiger partial charge in [-0.05, 0) is 34.6 Å². The highest BCUT2D eigenvalue weighted by Crippen LogP contribution is 2.17. The third-order valence-electron chi connectivity index (χ3n) is 3.11. The molecule has 0 aliphatic carbocycles. The Kier molecular flexibility index (Phi) is 3.93. The number of aromatic nitrogens is 4. The van der Waals surface area contributed by atoms with Crippen LogP contribution in [0.3, 0.4) is 0 Å². The molecule has 0 aliphatic heterocycles. The van der Waals surface area contributed by atoms with Crippen LogP contribution < -0.4 is 5.32 Å². The molecule has 19 heavy (non-hydrogen) atoms. The second-order valence-corrected chi connectivity index (χ2v) is 5.48. The number of hydrogen-bond acceptors (Lipinski definition) is 3. The van der Waals surface area contributed by atoms with E-state index in [1.165, 1.54) is 5.56 Å².